The first-order valence-electron chi connectivity index (χ1n) is 14.0. The molecular weight excluding hydrogens is 515 g/mol. The van der Waals surface area contributed by atoms with Gasteiger partial charge in [-0.15, -0.1) is 11.3 Å². The fraction of sp³-hybridized carbons (Fsp3) is 0. The Kier molecular flexibility index (Phi) is 4.84. The second-order valence-corrected chi connectivity index (χ2v) is 11.7. The highest BCUT2D eigenvalue weighted by molar-refractivity contribution is 7.26. The van der Waals surface area contributed by atoms with Gasteiger partial charge in [0.25, 0.3) is 0 Å². The monoisotopic (exact) mass is 537 g/mol. The van der Waals surface area contributed by atoms with Crippen molar-refractivity contribution in [2.45, 2.75) is 0 Å². The lowest BCUT2D eigenvalue weighted by molar-refractivity contribution is 1.41. The Morgan fingerprint density at radius 3 is 1.88 bits per heavy atom. The summed E-state index contributed by atoms with van der Waals surface area (Å²) in [5.74, 6) is 0. The molecule has 0 atom stereocenters. The Morgan fingerprint density at radius 2 is 1.07 bits per heavy atom. The van der Waals surface area contributed by atoms with Crippen molar-refractivity contribution in [2.75, 3.05) is 0 Å². The van der Waals surface area contributed by atoms with Crippen LogP contribution in [0.3, 0.4) is 0 Å². The van der Waals surface area contributed by atoms with Gasteiger partial charge in [-0.2, -0.15) is 0 Å². The lowest BCUT2D eigenvalue weighted by Gasteiger charge is -2.24. The average Bonchev–Trinajstić information content (AvgIpc) is 3.42. The predicted molar refractivity (Wildman–Crippen MR) is 175 cm³/mol. The third-order valence-electron chi connectivity index (χ3n) is 8.50. The average molecular weight is 538 g/mol. The van der Waals surface area contributed by atoms with Crippen LogP contribution in [0.15, 0.2) is 140 Å². The zero-order chi connectivity index (χ0) is 26.9. The summed E-state index contributed by atoms with van der Waals surface area (Å²) < 4.78 is 2.66. The number of rotatable bonds is 1. The van der Waals surface area contributed by atoms with Crippen LogP contribution < -0.4 is 0 Å². The molecular formula is C39H23NS. The van der Waals surface area contributed by atoms with Crippen LogP contribution in [0, 0.1) is 0 Å². The SMILES string of the molecule is c1ccc2c(c1)-c1ccccc1-c1ccc3cccnc3c1-c1cc(-c3cccc4c3sc3ccccc34)ccc1-2. The number of thiophene rings is 1. The van der Waals surface area contributed by atoms with Crippen LogP contribution in [0.2, 0.25) is 0 Å². The van der Waals surface area contributed by atoms with Gasteiger partial charge in [-0.05, 0) is 68.3 Å². The molecule has 6 aromatic carbocycles. The van der Waals surface area contributed by atoms with Crippen LogP contribution >= 0.6 is 11.3 Å². The van der Waals surface area contributed by atoms with E-state index >= 15 is 0 Å². The fourth-order valence-corrected chi connectivity index (χ4v) is 7.91. The first-order valence-corrected chi connectivity index (χ1v) is 14.8. The molecule has 0 fully saturated rings. The van der Waals surface area contributed by atoms with Crippen molar-refractivity contribution in [3.8, 4) is 55.6 Å². The van der Waals surface area contributed by atoms with Crippen LogP contribution in [0.1, 0.15) is 0 Å². The molecule has 2 heterocycles. The molecule has 0 N–H and O–H groups in total. The second kappa shape index (κ2) is 8.72. The highest BCUT2D eigenvalue weighted by Crippen LogP contribution is 2.50. The summed E-state index contributed by atoms with van der Waals surface area (Å²) in [7, 11) is 0. The number of benzene rings is 6. The molecule has 0 unspecified atom stereocenters. The lowest BCUT2D eigenvalue weighted by atomic mass is 9.79. The zero-order valence-corrected chi connectivity index (χ0v) is 23.0. The molecule has 0 bridgehead atoms. The highest BCUT2D eigenvalue weighted by atomic mass is 32.1. The summed E-state index contributed by atoms with van der Waals surface area (Å²) in [6.45, 7) is 0. The van der Waals surface area contributed by atoms with Crippen molar-refractivity contribution in [3.63, 3.8) is 0 Å². The Bertz CT molecular complexity index is 2320. The molecule has 1 nitrogen and oxygen atoms in total. The molecule has 0 aliphatic heterocycles. The van der Waals surface area contributed by atoms with Gasteiger partial charge in [0.05, 0.1) is 5.52 Å². The minimum Gasteiger partial charge on any atom is -0.256 e. The largest absolute Gasteiger partial charge is 0.256 e. The second-order valence-electron chi connectivity index (χ2n) is 10.7. The van der Waals surface area contributed by atoms with Gasteiger partial charge in [0.15, 0.2) is 0 Å². The number of pyridine rings is 1. The Hall–Kier alpha value is -5.05. The van der Waals surface area contributed by atoms with Crippen LogP contribution in [-0.4, -0.2) is 4.98 Å². The van der Waals surface area contributed by atoms with Gasteiger partial charge >= 0.3 is 0 Å². The highest BCUT2D eigenvalue weighted by Gasteiger charge is 2.24. The Labute approximate surface area is 242 Å². The smallest absolute Gasteiger partial charge is 0.0786 e. The van der Waals surface area contributed by atoms with Gasteiger partial charge < -0.3 is 0 Å². The summed E-state index contributed by atoms with van der Waals surface area (Å²) >= 11 is 1.88. The van der Waals surface area contributed by atoms with Crippen molar-refractivity contribution < 1.29 is 0 Å². The third-order valence-corrected chi connectivity index (χ3v) is 9.72. The van der Waals surface area contributed by atoms with Crippen molar-refractivity contribution in [3.05, 3.63) is 140 Å². The Morgan fingerprint density at radius 1 is 0.439 bits per heavy atom. The van der Waals surface area contributed by atoms with Crippen molar-refractivity contribution >= 4 is 42.4 Å². The van der Waals surface area contributed by atoms with E-state index in [1.54, 1.807) is 0 Å². The van der Waals surface area contributed by atoms with E-state index in [1.807, 2.05) is 23.6 Å². The zero-order valence-electron chi connectivity index (χ0n) is 22.1. The first-order chi connectivity index (χ1) is 20.3. The molecule has 41 heavy (non-hydrogen) atoms. The van der Waals surface area contributed by atoms with Crippen molar-refractivity contribution in [1.82, 2.24) is 4.98 Å². The number of hydrogen-bond acceptors (Lipinski definition) is 2. The molecule has 0 spiro atoms. The third kappa shape index (κ3) is 3.32. The molecule has 0 saturated heterocycles. The minimum atomic E-state index is 1.04. The molecule has 190 valence electrons. The molecule has 0 radical (unpaired) electrons. The summed E-state index contributed by atoms with van der Waals surface area (Å²) in [4.78, 5) is 4.98. The van der Waals surface area contributed by atoms with Gasteiger partial charge in [-0.25, -0.2) is 0 Å². The van der Waals surface area contributed by atoms with Crippen LogP contribution in [0.25, 0.3) is 86.7 Å². The molecule has 9 rings (SSSR count). The number of aromatic nitrogens is 1. The molecule has 2 heteroatoms. The minimum absolute atomic E-state index is 1.04. The fourth-order valence-electron chi connectivity index (χ4n) is 6.68. The molecule has 1 aliphatic carbocycles. The van der Waals surface area contributed by atoms with Crippen molar-refractivity contribution in [2.24, 2.45) is 0 Å². The van der Waals surface area contributed by atoms with Crippen LogP contribution in [0.5, 0.6) is 0 Å². The van der Waals surface area contributed by atoms with E-state index in [0.717, 1.165) is 10.9 Å². The van der Waals surface area contributed by atoms with E-state index in [0.29, 0.717) is 0 Å². The normalized spacial score (nSPS) is 11.9. The standard InChI is InChI=1S/C39H23NS/c1-2-12-29-27(10-1)28-11-3-4-13-30(28)33-21-18-24-9-8-22-40-38(24)37(33)35-23-25(19-20-31(29)35)26-15-7-16-34-32-14-5-6-17-36(32)41-39(26)34/h1-23H. The number of fused-ring (bicyclic) bond motifs is 13. The topological polar surface area (TPSA) is 12.9 Å². The van der Waals surface area contributed by atoms with E-state index in [-0.39, 0.29) is 0 Å². The Balaban J connectivity index is 1.42. The molecule has 8 aromatic rings. The molecule has 1 aliphatic rings. The van der Waals surface area contributed by atoms with Crippen LogP contribution in [0.4, 0.5) is 0 Å². The van der Waals surface area contributed by atoms with Gasteiger partial charge in [0, 0.05) is 37.3 Å². The maximum absolute atomic E-state index is 4.98. The van der Waals surface area contributed by atoms with E-state index < -0.39 is 0 Å². The van der Waals surface area contributed by atoms with Crippen LogP contribution in [-0.2, 0) is 0 Å². The quantitative estimate of drug-likeness (QED) is 0.203. The summed E-state index contributed by atoms with van der Waals surface area (Å²) in [5.41, 5.74) is 13.4. The number of hydrogen-bond donors (Lipinski definition) is 0. The van der Waals surface area contributed by atoms with E-state index in [4.69, 9.17) is 4.98 Å². The molecule has 0 saturated carbocycles. The first kappa shape index (κ1) is 22.7. The van der Waals surface area contributed by atoms with Crippen molar-refractivity contribution in [1.29, 1.82) is 0 Å². The summed E-state index contributed by atoms with van der Waals surface area (Å²) in [6.07, 6.45) is 1.92. The van der Waals surface area contributed by atoms with Gasteiger partial charge in [0.1, 0.15) is 0 Å². The van der Waals surface area contributed by atoms with Gasteiger partial charge in [-0.1, -0.05) is 115 Å². The number of nitrogens with zero attached hydrogens (tertiary/aromatic N) is 1. The maximum Gasteiger partial charge on any atom is 0.0786 e. The predicted octanol–water partition coefficient (Wildman–Crippen LogP) is 11.3. The molecule has 2 aromatic heterocycles. The van der Waals surface area contributed by atoms with E-state index in [2.05, 4.69) is 127 Å². The summed E-state index contributed by atoms with van der Waals surface area (Å²) in [6, 6.07) is 48.8. The van der Waals surface area contributed by atoms with Gasteiger partial charge in [0.2, 0.25) is 0 Å². The summed E-state index contributed by atoms with van der Waals surface area (Å²) in [5, 5.41) is 3.80. The lowest BCUT2D eigenvalue weighted by Crippen LogP contribution is -1.99. The van der Waals surface area contributed by atoms with E-state index in [9.17, 15) is 0 Å². The van der Waals surface area contributed by atoms with Gasteiger partial charge in [-0.3, -0.25) is 4.98 Å². The molecule has 0 amide bonds. The maximum atomic E-state index is 4.98. The van der Waals surface area contributed by atoms with E-state index in [1.165, 1.54) is 75.8 Å².